The first-order valence-corrected chi connectivity index (χ1v) is 17.7. The second-order valence-corrected chi connectivity index (χ2v) is 15.0. The Kier molecular flexibility index (Phi) is 7.67. The number of carbonyl (C=O) groups excluding carboxylic acids is 3. The van der Waals surface area contributed by atoms with Gasteiger partial charge >= 0.3 is 4.87 Å². The predicted octanol–water partition coefficient (Wildman–Crippen LogP) is 5.98. The first kappa shape index (κ1) is 30.9. The van der Waals surface area contributed by atoms with Crippen molar-refractivity contribution in [1.29, 1.82) is 0 Å². The molecule has 0 unspecified atom stereocenters. The molecule has 3 fully saturated rings. The summed E-state index contributed by atoms with van der Waals surface area (Å²) in [5, 5.41) is 3.67. The van der Waals surface area contributed by atoms with Crippen LogP contribution < -0.4 is 24.6 Å². The minimum Gasteiger partial charge on any atom is -0.490 e. The lowest BCUT2D eigenvalue weighted by atomic mass is 9.68. The van der Waals surface area contributed by atoms with Gasteiger partial charge in [0, 0.05) is 21.7 Å². The maximum atomic E-state index is 14.0. The van der Waals surface area contributed by atoms with Gasteiger partial charge in [-0.2, -0.15) is 0 Å². The zero-order valence-corrected chi connectivity index (χ0v) is 27.7. The number of fused-ring (bicyclic) bond motifs is 9. The lowest BCUT2D eigenvalue weighted by molar-refractivity contribution is -0.123. The maximum Gasteiger partial charge on any atom is 0.305 e. The summed E-state index contributed by atoms with van der Waals surface area (Å²) in [7, 11) is 0. The molecule has 3 heterocycles. The van der Waals surface area contributed by atoms with Crippen LogP contribution in [-0.4, -0.2) is 41.2 Å². The Balaban J connectivity index is 1.10. The number of amides is 3. The van der Waals surface area contributed by atoms with Gasteiger partial charge in [0.1, 0.15) is 5.82 Å². The van der Waals surface area contributed by atoms with Crippen LogP contribution in [0.2, 0.25) is 0 Å². The molecule has 0 spiro atoms. The van der Waals surface area contributed by atoms with Crippen molar-refractivity contribution in [1.82, 2.24) is 4.98 Å². The number of aryl methyl sites for hydroxylation is 1. The molecule has 2 aliphatic carbocycles. The third kappa shape index (κ3) is 5.04. The van der Waals surface area contributed by atoms with Gasteiger partial charge in [0.25, 0.3) is 5.91 Å². The molecule has 2 aliphatic heterocycles. The van der Waals surface area contributed by atoms with Crippen molar-refractivity contribution < 1.29 is 28.2 Å². The maximum absolute atomic E-state index is 14.0. The fourth-order valence-corrected chi connectivity index (χ4v) is 11.3. The van der Waals surface area contributed by atoms with Crippen molar-refractivity contribution in [3.63, 3.8) is 0 Å². The quantitative estimate of drug-likeness (QED) is 0.219. The molecule has 2 bridgehead atoms. The number of H-pyrrole nitrogens is 1. The highest BCUT2D eigenvalue weighted by Crippen LogP contribution is 2.68. The van der Waals surface area contributed by atoms with E-state index in [1.807, 2.05) is 50.2 Å². The number of carbonyl (C=O) groups is 3. The lowest BCUT2D eigenvalue weighted by Crippen LogP contribution is -2.42. The van der Waals surface area contributed by atoms with E-state index in [0.29, 0.717) is 29.5 Å². The third-order valence-corrected chi connectivity index (χ3v) is 12.7. The van der Waals surface area contributed by atoms with E-state index in [0.717, 1.165) is 27.5 Å². The monoisotopic (exact) mass is 685 g/mol. The summed E-state index contributed by atoms with van der Waals surface area (Å²) in [6.07, 6.45) is 0.748. The first-order valence-electron chi connectivity index (χ1n) is 16.0. The molecule has 48 heavy (non-hydrogen) atoms. The molecule has 7 atom stereocenters. The number of rotatable bonds is 8. The van der Waals surface area contributed by atoms with Crippen LogP contribution in [0.3, 0.4) is 0 Å². The molecule has 4 aliphatic rings. The van der Waals surface area contributed by atoms with E-state index in [-0.39, 0.29) is 58.1 Å². The molecule has 0 radical (unpaired) electrons. The average Bonchev–Trinajstić information content (AvgIpc) is 3.80. The number of hydrogen-bond acceptors (Lipinski definition) is 8. The summed E-state index contributed by atoms with van der Waals surface area (Å²) in [5.41, 5.74) is 3.02. The summed E-state index contributed by atoms with van der Waals surface area (Å²) >= 11 is 2.79. The van der Waals surface area contributed by atoms with Gasteiger partial charge in [-0.3, -0.25) is 24.1 Å². The van der Waals surface area contributed by atoms with E-state index >= 15 is 0 Å². The van der Waals surface area contributed by atoms with Crippen LogP contribution in [0.1, 0.15) is 35.3 Å². The van der Waals surface area contributed by atoms with E-state index in [1.165, 1.54) is 40.5 Å². The van der Waals surface area contributed by atoms with Crippen LogP contribution in [0.25, 0.3) is 0 Å². The molecule has 12 heteroatoms. The van der Waals surface area contributed by atoms with Gasteiger partial charge < -0.3 is 19.8 Å². The number of thiazole rings is 1. The fourth-order valence-electron chi connectivity index (χ4n) is 8.40. The Hall–Kier alpha value is -4.42. The summed E-state index contributed by atoms with van der Waals surface area (Å²) in [4.78, 5) is 58.2. The van der Waals surface area contributed by atoms with Gasteiger partial charge in [0.15, 0.2) is 18.1 Å². The molecule has 8 rings (SSSR count). The Morgan fingerprint density at radius 3 is 2.50 bits per heavy atom. The minimum atomic E-state index is -0.477. The predicted molar refractivity (Wildman–Crippen MR) is 180 cm³/mol. The Bertz CT molecular complexity index is 2010. The number of halogens is 1. The lowest BCUT2D eigenvalue weighted by Gasteiger charge is -2.43. The molecule has 1 aromatic heterocycles. The molecule has 9 nitrogen and oxygen atoms in total. The zero-order valence-electron chi connectivity index (χ0n) is 26.1. The Labute approximate surface area is 283 Å². The summed E-state index contributed by atoms with van der Waals surface area (Å²) in [6.45, 7) is 3.98. The van der Waals surface area contributed by atoms with Crippen LogP contribution >= 0.6 is 23.1 Å². The molecule has 3 amide bonds. The van der Waals surface area contributed by atoms with Gasteiger partial charge in [-0.1, -0.05) is 29.5 Å². The molecular weight excluding hydrogens is 654 g/mol. The average molecular weight is 686 g/mol. The number of nitrogens with one attached hydrogen (secondary N) is 2. The number of nitrogens with zero attached hydrogens (tertiary/aromatic N) is 1. The van der Waals surface area contributed by atoms with Gasteiger partial charge in [0.2, 0.25) is 11.8 Å². The SMILES string of the molecule is CCOc1cc([C@@H]2c3sc(=O)[nH]c3S[C@@H]3[C@@H]4C[C@@H]([C@@H]5C(=O)N(c6ccc(F)cc6)C(=O)[C@@H]45)[C@H]23)ccc1OCC(=O)Nc1cccc(C)c1. The number of anilines is 2. The van der Waals surface area contributed by atoms with Crippen LogP contribution in [0.5, 0.6) is 11.5 Å². The van der Waals surface area contributed by atoms with E-state index in [9.17, 15) is 23.6 Å². The van der Waals surface area contributed by atoms with Gasteiger partial charge in [0.05, 0.1) is 29.2 Å². The van der Waals surface area contributed by atoms with Crippen LogP contribution in [-0.2, 0) is 14.4 Å². The summed E-state index contributed by atoms with van der Waals surface area (Å²) in [5.74, 6) is -1.57. The van der Waals surface area contributed by atoms with Crippen LogP contribution in [0.4, 0.5) is 15.8 Å². The molecule has 3 aromatic carbocycles. The van der Waals surface area contributed by atoms with Crippen molar-refractivity contribution in [3.8, 4) is 11.5 Å². The number of ether oxygens (including phenoxy) is 2. The number of benzene rings is 3. The number of aromatic nitrogens is 1. The van der Waals surface area contributed by atoms with Gasteiger partial charge in [-0.25, -0.2) is 4.39 Å². The third-order valence-electron chi connectivity index (χ3n) is 10.1. The largest absolute Gasteiger partial charge is 0.490 e. The van der Waals surface area contributed by atoms with Crippen molar-refractivity contribution in [2.24, 2.45) is 29.6 Å². The Morgan fingerprint density at radius 2 is 1.75 bits per heavy atom. The number of hydrogen-bond donors (Lipinski definition) is 2. The topological polar surface area (TPSA) is 118 Å². The van der Waals surface area contributed by atoms with Crippen molar-refractivity contribution >= 4 is 52.2 Å². The van der Waals surface area contributed by atoms with Crippen LogP contribution in [0.15, 0.2) is 76.6 Å². The molecule has 2 saturated carbocycles. The number of aromatic amines is 1. The molecule has 246 valence electrons. The highest BCUT2D eigenvalue weighted by Gasteiger charge is 2.69. The first-order chi connectivity index (χ1) is 23.2. The van der Waals surface area contributed by atoms with Crippen molar-refractivity contribution in [2.45, 2.75) is 36.5 Å². The Morgan fingerprint density at radius 1 is 0.979 bits per heavy atom. The number of thioether (sulfide) groups is 1. The fraction of sp³-hybridized carbons (Fsp3) is 0.333. The van der Waals surface area contributed by atoms with E-state index in [1.54, 1.807) is 17.8 Å². The molecular formula is C36H32FN3O6S2. The standard InChI is InChI=1S/C36H32FN3O6S2/c1-3-45-25-14-18(7-12-24(25)46-16-26(41)38-20-6-4-5-17(2)13-20)27-28-22-15-23(31(28)47-33-32(27)48-36(44)39-33)30-29(22)34(42)40(35(30)43)21-10-8-19(37)9-11-21/h4-14,22-23,27-31H,3,15-16H2,1-2H3,(H,38,41)(H,39,44)/t22-,23-,27+,28-,29+,30+,31-/m1/s1. The zero-order chi connectivity index (χ0) is 33.3. The minimum absolute atomic E-state index is 0.00790. The van der Waals surface area contributed by atoms with E-state index in [4.69, 9.17) is 9.47 Å². The van der Waals surface area contributed by atoms with E-state index in [2.05, 4.69) is 10.3 Å². The van der Waals surface area contributed by atoms with Gasteiger partial charge in [-0.15, -0.1) is 11.8 Å². The molecule has 4 aromatic rings. The highest BCUT2D eigenvalue weighted by atomic mass is 32.2. The highest BCUT2D eigenvalue weighted by molar-refractivity contribution is 8.00. The number of imide groups is 1. The smallest absolute Gasteiger partial charge is 0.305 e. The van der Waals surface area contributed by atoms with Crippen molar-refractivity contribution in [2.75, 3.05) is 23.4 Å². The van der Waals surface area contributed by atoms with E-state index < -0.39 is 17.7 Å². The van der Waals surface area contributed by atoms with Crippen LogP contribution in [0, 0.1) is 42.3 Å². The summed E-state index contributed by atoms with van der Waals surface area (Å²) in [6, 6.07) is 18.7. The normalized spacial score (nSPS) is 26.6. The second-order valence-electron chi connectivity index (χ2n) is 12.8. The van der Waals surface area contributed by atoms with Crippen molar-refractivity contribution in [3.05, 3.63) is 98.2 Å². The molecule has 1 saturated heterocycles. The second kappa shape index (κ2) is 11.9. The summed E-state index contributed by atoms with van der Waals surface area (Å²) < 4.78 is 25.6. The van der Waals surface area contributed by atoms with Gasteiger partial charge in [-0.05, 0) is 97.7 Å². The molecule has 2 N–H and O–H groups in total.